The molecule has 2 heterocycles. The molecule has 0 fully saturated rings. The molecule has 0 atom stereocenters. The van der Waals surface area contributed by atoms with Crippen LogP contribution < -0.4 is 10.6 Å². The summed E-state index contributed by atoms with van der Waals surface area (Å²) < 4.78 is 1.62. The van der Waals surface area contributed by atoms with Crippen LogP contribution in [0.3, 0.4) is 0 Å². The fraction of sp³-hybridized carbons (Fsp3) is 0.286. The van der Waals surface area contributed by atoms with Crippen LogP contribution in [-0.4, -0.2) is 27.7 Å². The summed E-state index contributed by atoms with van der Waals surface area (Å²) in [6.45, 7) is 6.58. The fourth-order valence-electron chi connectivity index (χ4n) is 2.84. The summed E-state index contributed by atoms with van der Waals surface area (Å²) in [5.41, 5.74) is 2.19. The SMILES string of the molecule is Cc1c(Cl)cccc1NC(=O)c1nc(C(=O)NCCC(C)C)c2ccccn12. The van der Waals surface area contributed by atoms with Crippen LogP contribution in [0.15, 0.2) is 42.6 Å². The Balaban J connectivity index is 1.90. The molecule has 0 aliphatic heterocycles. The molecule has 6 nitrogen and oxygen atoms in total. The quantitative estimate of drug-likeness (QED) is 0.649. The smallest absolute Gasteiger partial charge is 0.292 e. The summed E-state index contributed by atoms with van der Waals surface area (Å²) in [7, 11) is 0. The van der Waals surface area contributed by atoms with Gasteiger partial charge in [-0.1, -0.05) is 37.6 Å². The first-order chi connectivity index (χ1) is 13.4. The Labute approximate surface area is 168 Å². The molecule has 1 aromatic carbocycles. The predicted molar refractivity (Wildman–Crippen MR) is 111 cm³/mol. The van der Waals surface area contributed by atoms with E-state index in [9.17, 15) is 9.59 Å². The number of nitrogens with one attached hydrogen (secondary N) is 2. The van der Waals surface area contributed by atoms with Crippen LogP contribution in [0.2, 0.25) is 5.02 Å². The van der Waals surface area contributed by atoms with E-state index in [4.69, 9.17) is 11.6 Å². The lowest BCUT2D eigenvalue weighted by Gasteiger charge is -2.08. The van der Waals surface area contributed by atoms with Crippen LogP contribution in [0.1, 0.15) is 46.9 Å². The van der Waals surface area contributed by atoms with E-state index in [0.29, 0.717) is 28.7 Å². The van der Waals surface area contributed by atoms with Gasteiger partial charge < -0.3 is 10.6 Å². The van der Waals surface area contributed by atoms with Gasteiger partial charge >= 0.3 is 0 Å². The zero-order valence-electron chi connectivity index (χ0n) is 16.1. The lowest BCUT2D eigenvalue weighted by Crippen LogP contribution is -2.26. The number of nitrogens with zero attached hydrogens (tertiary/aromatic N) is 2. The van der Waals surface area contributed by atoms with Gasteiger partial charge in [0.15, 0.2) is 5.69 Å². The van der Waals surface area contributed by atoms with Gasteiger partial charge in [0.1, 0.15) is 0 Å². The fourth-order valence-corrected chi connectivity index (χ4v) is 3.02. The number of carbonyl (C=O) groups excluding carboxylic acids is 2. The highest BCUT2D eigenvalue weighted by molar-refractivity contribution is 6.31. The highest BCUT2D eigenvalue weighted by Crippen LogP contribution is 2.24. The van der Waals surface area contributed by atoms with Crippen molar-refractivity contribution in [2.45, 2.75) is 27.2 Å². The molecule has 2 N–H and O–H groups in total. The lowest BCUT2D eigenvalue weighted by molar-refractivity contribution is 0.0949. The first-order valence-corrected chi connectivity index (χ1v) is 9.58. The van der Waals surface area contributed by atoms with Gasteiger partial charge in [-0.15, -0.1) is 0 Å². The Morgan fingerprint density at radius 2 is 1.93 bits per heavy atom. The van der Waals surface area contributed by atoms with E-state index in [-0.39, 0.29) is 17.4 Å². The predicted octanol–water partition coefficient (Wildman–Crippen LogP) is 4.32. The molecule has 0 saturated heterocycles. The first kappa shape index (κ1) is 19.9. The molecule has 2 aromatic heterocycles. The number of halogens is 1. The van der Waals surface area contributed by atoms with Crippen molar-refractivity contribution < 1.29 is 9.59 Å². The maximum atomic E-state index is 12.9. The Kier molecular flexibility index (Phi) is 5.99. The largest absolute Gasteiger partial charge is 0.351 e. The molecular weight excluding hydrogens is 376 g/mol. The number of rotatable bonds is 6. The van der Waals surface area contributed by atoms with E-state index in [1.165, 1.54) is 0 Å². The average molecular weight is 399 g/mol. The van der Waals surface area contributed by atoms with Crippen LogP contribution in [0.5, 0.6) is 0 Å². The van der Waals surface area contributed by atoms with Gasteiger partial charge in [0, 0.05) is 23.5 Å². The molecule has 0 radical (unpaired) electrons. The van der Waals surface area contributed by atoms with E-state index < -0.39 is 5.91 Å². The van der Waals surface area contributed by atoms with E-state index in [2.05, 4.69) is 29.5 Å². The van der Waals surface area contributed by atoms with Crippen molar-refractivity contribution >= 4 is 34.6 Å². The number of hydrogen-bond donors (Lipinski definition) is 2. The van der Waals surface area contributed by atoms with Crippen LogP contribution in [0.25, 0.3) is 5.52 Å². The number of pyridine rings is 1. The van der Waals surface area contributed by atoms with Gasteiger partial charge in [-0.05, 0) is 49.1 Å². The molecule has 28 heavy (non-hydrogen) atoms. The third-order valence-electron chi connectivity index (χ3n) is 4.49. The number of fused-ring (bicyclic) bond motifs is 1. The topological polar surface area (TPSA) is 75.5 Å². The monoisotopic (exact) mass is 398 g/mol. The summed E-state index contributed by atoms with van der Waals surface area (Å²) in [5, 5.41) is 6.27. The number of aromatic nitrogens is 2. The van der Waals surface area contributed by atoms with Gasteiger partial charge in [-0.25, -0.2) is 4.98 Å². The highest BCUT2D eigenvalue weighted by Gasteiger charge is 2.22. The average Bonchev–Trinajstić information content (AvgIpc) is 3.05. The number of hydrogen-bond acceptors (Lipinski definition) is 3. The lowest BCUT2D eigenvalue weighted by atomic mass is 10.1. The summed E-state index contributed by atoms with van der Waals surface area (Å²) in [6.07, 6.45) is 2.59. The summed E-state index contributed by atoms with van der Waals surface area (Å²) in [6, 6.07) is 10.7. The Morgan fingerprint density at radius 3 is 2.68 bits per heavy atom. The standard InChI is InChI=1S/C21H23ClN4O2/c1-13(2)10-11-23-20(27)18-17-9-4-5-12-26(17)19(25-18)21(28)24-16-8-6-7-15(22)14(16)3/h4-9,12-13H,10-11H2,1-3H3,(H,23,27)(H,24,28). The van der Waals surface area contributed by atoms with Gasteiger partial charge in [0.2, 0.25) is 5.82 Å². The number of imidazole rings is 1. The second kappa shape index (κ2) is 8.44. The number of carbonyl (C=O) groups is 2. The van der Waals surface area contributed by atoms with Crippen LogP contribution >= 0.6 is 11.6 Å². The van der Waals surface area contributed by atoms with Gasteiger partial charge in [-0.3, -0.25) is 14.0 Å². The highest BCUT2D eigenvalue weighted by atomic mass is 35.5. The summed E-state index contributed by atoms with van der Waals surface area (Å²) >= 11 is 6.13. The Bertz CT molecular complexity index is 1030. The third-order valence-corrected chi connectivity index (χ3v) is 4.90. The molecule has 0 saturated carbocycles. The molecule has 0 spiro atoms. The zero-order chi connectivity index (χ0) is 20.3. The van der Waals surface area contributed by atoms with Crippen LogP contribution in [-0.2, 0) is 0 Å². The molecule has 0 aliphatic carbocycles. The van der Waals surface area contributed by atoms with Crippen molar-refractivity contribution in [1.82, 2.24) is 14.7 Å². The van der Waals surface area contributed by atoms with Crippen molar-refractivity contribution in [2.24, 2.45) is 5.92 Å². The summed E-state index contributed by atoms with van der Waals surface area (Å²) in [4.78, 5) is 29.8. The van der Waals surface area contributed by atoms with Crippen molar-refractivity contribution in [3.05, 3.63) is 64.7 Å². The molecule has 3 aromatic rings. The number of benzene rings is 1. The summed E-state index contributed by atoms with van der Waals surface area (Å²) in [5.74, 6) is -0.0690. The van der Waals surface area contributed by atoms with E-state index >= 15 is 0 Å². The molecule has 146 valence electrons. The molecular formula is C21H23ClN4O2. The molecule has 0 aliphatic rings. The first-order valence-electron chi connectivity index (χ1n) is 9.20. The van der Waals surface area contributed by atoms with Crippen molar-refractivity contribution in [3.63, 3.8) is 0 Å². The normalized spacial score (nSPS) is 11.0. The van der Waals surface area contributed by atoms with Gasteiger partial charge in [0.05, 0.1) is 5.52 Å². The van der Waals surface area contributed by atoms with Crippen LogP contribution in [0.4, 0.5) is 5.69 Å². The molecule has 2 amide bonds. The van der Waals surface area contributed by atoms with Crippen LogP contribution in [0, 0.1) is 12.8 Å². The van der Waals surface area contributed by atoms with Gasteiger partial charge in [-0.2, -0.15) is 0 Å². The van der Waals surface area contributed by atoms with E-state index in [0.717, 1.165) is 12.0 Å². The second-order valence-corrected chi connectivity index (χ2v) is 7.45. The molecule has 3 rings (SSSR count). The van der Waals surface area contributed by atoms with E-state index in [1.54, 1.807) is 40.9 Å². The number of amides is 2. The zero-order valence-corrected chi connectivity index (χ0v) is 16.9. The van der Waals surface area contributed by atoms with E-state index in [1.807, 2.05) is 13.0 Å². The van der Waals surface area contributed by atoms with Crippen molar-refractivity contribution in [1.29, 1.82) is 0 Å². The minimum Gasteiger partial charge on any atom is -0.351 e. The Morgan fingerprint density at radius 1 is 1.14 bits per heavy atom. The molecule has 7 heteroatoms. The minimum atomic E-state index is -0.409. The molecule has 0 bridgehead atoms. The Hall–Kier alpha value is -2.86. The number of anilines is 1. The van der Waals surface area contributed by atoms with Crippen molar-refractivity contribution in [3.8, 4) is 0 Å². The second-order valence-electron chi connectivity index (χ2n) is 7.04. The molecule has 0 unspecified atom stereocenters. The van der Waals surface area contributed by atoms with Crippen molar-refractivity contribution in [2.75, 3.05) is 11.9 Å². The maximum absolute atomic E-state index is 12.9. The van der Waals surface area contributed by atoms with Gasteiger partial charge in [0.25, 0.3) is 11.8 Å². The minimum absolute atomic E-state index is 0.143. The maximum Gasteiger partial charge on any atom is 0.292 e. The third kappa shape index (κ3) is 4.17.